The van der Waals surface area contributed by atoms with Gasteiger partial charge in [0.25, 0.3) is 0 Å². The van der Waals surface area contributed by atoms with E-state index in [1.807, 2.05) is 41.0 Å². The van der Waals surface area contributed by atoms with E-state index in [1.54, 1.807) is 18.3 Å². The van der Waals surface area contributed by atoms with Crippen LogP contribution in [0.25, 0.3) is 5.69 Å². The Bertz CT molecular complexity index is 983. The van der Waals surface area contributed by atoms with Gasteiger partial charge < -0.3 is 15.0 Å². The lowest BCUT2D eigenvalue weighted by Gasteiger charge is -2.12. The van der Waals surface area contributed by atoms with Gasteiger partial charge in [-0.3, -0.25) is 9.36 Å². The molecule has 0 atom stereocenters. The first-order valence-corrected chi connectivity index (χ1v) is 11.1. The summed E-state index contributed by atoms with van der Waals surface area (Å²) in [7, 11) is 1.63. The second-order valence-corrected chi connectivity index (χ2v) is 8.30. The van der Waals surface area contributed by atoms with Crippen LogP contribution >= 0.6 is 11.8 Å². The van der Waals surface area contributed by atoms with Crippen LogP contribution in [0.5, 0.6) is 5.75 Å². The van der Waals surface area contributed by atoms with E-state index in [-0.39, 0.29) is 11.7 Å². The molecule has 156 valence electrons. The molecule has 2 heterocycles. The van der Waals surface area contributed by atoms with Gasteiger partial charge in [-0.1, -0.05) is 30.0 Å². The number of ether oxygens (including phenoxy) is 1. The standard InChI is InChI=1S/C22H25N5O2S/c1-29-20-6-4-5-19(13-20)27-16-23-25-22(27)30-15-21(28)24-18-9-7-17(8-10-18)14-26-11-2-3-12-26/h4-10,13,16H,2-3,11-12,14-15H2,1H3,(H,24,28)/p+1. The maximum atomic E-state index is 12.4. The highest BCUT2D eigenvalue weighted by Gasteiger charge is 2.15. The maximum absolute atomic E-state index is 12.4. The molecule has 30 heavy (non-hydrogen) atoms. The number of rotatable bonds is 8. The van der Waals surface area contributed by atoms with Gasteiger partial charge in [-0.2, -0.15) is 0 Å². The Morgan fingerprint density at radius 1 is 1.20 bits per heavy atom. The molecule has 0 radical (unpaired) electrons. The highest BCUT2D eigenvalue weighted by Crippen LogP contribution is 2.22. The van der Waals surface area contributed by atoms with Crippen LogP contribution in [0.15, 0.2) is 60.0 Å². The minimum Gasteiger partial charge on any atom is -0.497 e. The van der Waals surface area contributed by atoms with E-state index in [1.165, 1.54) is 43.3 Å². The number of quaternary nitrogens is 1. The van der Waals surface area contributed by atoms with Gasteiger partial charge in [0.2, 0.25) is 5.91 Å². The SMILES string of the molecule is COc1cccc(-n2cnnc2SCC(=O)Nc2ccc(C[NH+]3CCCC3)cc2)c1. The van der Waals surface area contributed by atoms with Crippen LogP contribution in [-0.2, 0) is 11.3 Å². The molecule has 1 fully saturated rings. The lowest BCUT2D eigenvalue weighted by Crippen LogP contribution is -3.08. The highest BCUT2D eigenvalue weighted by molar-refractivity contribution is 7.99. The molecular weight excluding hydrogens is 398 g/mol. The summed E-state index contributed by atoms with van der Waals surface area (Å²) in [6, 6.07) is 15.8. The van der Waals surface area contributed by atoms with E-state index < -0.39 is 0 Å². The van der Waals surface area contributed by atoms with Crippen molar-refractivity contribution in [2.75, 3.05) is 31.3 Å². The third kappa shape index (κ3) is 5.20. The van der Waals surface area contributed by atoms with E-state index in [2.05, 4.69) is 27.6 Å². The minimum atomic E-state index is -0.0712. The fourth-order valence-corrected chi connectivity index (χ4v) is 4.36. The predicted octanol–water partition coefficient (Wildman–Crippen LogP) is 2.19. The summed E-state index contributed by atoms with van der Waals surface area (Å²) in [5, 5.41) is 11.7. The third-order valence-corrected chi connectivity index (χ3v) is 6.13. The molecule has 1 saturated heterocycles. The monoisotopic (exact) mass is 424 g/mol. The summed E-state index contributed by atoms with van der Waals surface area (Å²) in [5.74, 6) is 0.935. The summed E-state index contributed by atoms with van der Waals surface area (Å²) in [6.45, 7) is 3.58. The number of carbonyl (C=O) groups is 1. The van der Waals surface area contributed by atoms with E-state index >= 15 is 0 Å². The van der Waals surface area contributed by atoms with Gasteiger partial charge in [0.1, 0.15) is 18.6 Å². The molecule has 3 aromatic rings. The zero-order chi connectivity index (χ0) is 20.8. The van der Waals surface area contributed by atoms with Gasteiger partial charge in [0.05, 0.1) is 31.6 Å². The summed E-state index contributed by atoms with van der Waals surface area (Å²) in [5.41, 5.74) is 3.01. The molecule has 0 unspecified atom stereocenters. The van der Waals surface area contributed by atoms with Crippen molar-refractivity contribution in [2.24, 2.45) is 0 Å². The first-order valence-electron chi connectivity index (χ1n) is 10.1. The number of hydrogen-bond donors (Lipinski definition) is 2. The lowest BCUT2D eigenvalue weighted by atomic mass is 10.2. The molecule has 0 saturated carbocycles. The molecular formula is C22H26N5O2S+. The first-order chi connectivity index (χ1) is 14.7. The molecule has 1 aliphatic rings. The predicted molar refractivity (Wildman–Crippen MR) is 117 cm³/mol. The Morgan fingerprint density at radius 2 is 2.00 bits per heavy atom. The minimum absolute atomic E-state index is 0.0712. The van der Waals surface area contributed by atoms with Crippen LogP contribution in [0, 0.1) is 0 Å². The number of nitrogens with zero attached hydrogens (tertiary/aromatic N) is 3. The van der Waals surface area contributed by atoms with Gasteiger partial charge in [-0.05, 0) is 24.3 Å². The van der Waals surface area contributed by atoms with Crippen LogP contribution in [0.3, 0.4) is 0 Å². The van der Waals surface area contributed by atoms with E-state index in [0.29, 0.717) is 5.16 Å². The summed E-state index contributed by atoms with van der Waals surface area (Å²) >= 11 is 1.35. The molecule has 1 amide bonds. The summed E-state index contributed by atoms with van der Waals surface area (Å²) < 4.78 is 7.12. The highest BCUT2D eigenvalue weighted by atomic mass is 32.2. The second-order valence-electron chi connectivity index (χ2n) is 7.35. The van der Waals surface area contributed by atoms with Gasteiger partial charge in [0.15, 0.2) is 5.16 Å². The third-order valence-electron chi connectivity index (χ3n) is 5.18. The average Bonchev–Trinajstić information content (AvgIpc) is 3.46. The quantitative estimate of drug-likeness (QED) is 0.543. The number of methoxy groups -OCH3 is 1. The first kappa shape index (κ1) is 20.4. The number of amides is 1. The molecule has 2 aromatic carbocycles. The van der Waals surface area contributed by atoms with Crippen molar-refractivity contribution in [1.29, 1.82) is 0 Å². The number of aromatic nitrogens is 3. The molecule has 0 spiro atoms. The molecule has 2 N–H and O–H groups in total. The number of benzene rings is 2. The Morgan fingerprint density at radius 3 is 2.77 bits per heavy atom. The van der Waals surface area contributed by atoms with E-state index in [4.69, 9.17) is 4.74 Å². The molecule has 4 rings (SSSR count). The Kier molecular flexibility index (Phi) is 6.66. The number of likely N-dealkylation sites (tertiary alicyclic amines) is 1. The average molecular weight is 425 g/mol. The maximum Gasteiger partial charge on any atom is 0.234 e. The van der Waals surface area contributed by atoms with Gasteiger partial charge in [0, 0.05) is 30.2 Å². The van der Waals surface area contributed by atoms with Crippen LogP contribution in [0.1, 0.15) is 18.4 Å². The molecule has 1 aliphatic heterocycles. The number of carbonyl (C=O) groups excluding carboxylic acids is 1. The van der Waals surface area contributed by atoms with Crippen LogP contribution in [-0.4, -0.2) is 46.6 Å². The van der Waals surface area contributed by atoms with E-state index in [0.717, 1.165) is 23.7 Å². The number of thioether (sulfide) groups is 1. The number of hydrogen-bond acceptors (Lipinski definition) is 5. The van der Waals surface area contributed by atoms with Crippen LogP contribution < -0.4 is 15.0 Å². The zero-order valence-corrected chi connectivity index (χ0v) is 17.8. The Labute approximate surface area is 180 Å². The fourth-order valence-electron chi connectivity index (χ4n) is 3.63. The topological polar surface area (TPSA) is 73.5 Å². The van der Waals surface area contributed by atoms with Crippen LogP contribution in [0.2, 0.25) is 0 Å². The van der Waals surface area contributed by atoms with Crippen molar-refractivity contribution in [3.8, 4) is 11.4 Å². The fraction of sp³-hybridized carbons (Fsp3) is 0.318. The molecule has 0 aliphatic carbocycles. The number of anilines is 1. The van der Waals surface area contributed by atoms with E-state index in [9.17, 15) is 4.79 Å². The molecule has 1 aromatic heterocycles. The molecule has 8 heteroatoms. The lowest BCUT2D eigenvalue weighted by molar-refractivity contribution is -0.901. The smallest absolute Gasteiger partial charge is 0.234 e. The largest absolute Gasteiger partial charge is 0.497 e. The Balaban J connectivity index is 1.31. The van der Waals surface area contributed by atoms with Crippen molar-refractivity contribution in [3.63, 3.8) is 0 Å². The zero-order valence-electron chi connectivity index (χ0n) is 17.0. The van der Waals surface area contributed by atoms with Crippen molar-refractivity contribution in [2.45, 2.75) is 24.5 Å². The van der Waals surface area contributed by atoms with Crippen molar-refractivity contribution >= 4 is 23.4 Å². The van der Waals surface area contributed by atoms with Crippen LogP contribution in [0.4, 0.5) is 5.69 Å². The van der Waals surface area contributed by atoms with Crippen molar-refractivity contribution in [1.82, 2.24) is 14.8 Å². The second kappa shape index (κ2) is 9.77. The summed E-state index contributed by atoms with van der Waals surface area (Å²) in [6.07, 6.45) is 4.29. The molecule has 7 nitrogen and oxygen atoms in total. The van der Waals surface area contributed by atoms with Gasteiger partial charge in [-0.15, -0.1) is 10.2 Å². The Hall–Kier alpha value is -2.84. The number of nitrogens with one attached hydrogen (secondary N) is 2. The molecule has 0 bridgehead atoms. The normalized spacial score (nSPS) is 14.0. The van der Waals surface area contributed by atoms with Crippen molar-refractivity contribution in [3.05, 3.63) is 60.4 Å². The summed E-state index contributed by atoms with van der Waals surface area (Å²) in [4.78, 5) is 14.0. The van der Waals surface area contributed by atoms with Gasteiger partial charge >= 0.3 is 0 Å². The van der Waals surface area contributed by atoms with Crippen molar-refractivity contribution < 1.29 is 14.4 Å². The van der Waals surface area contributed by atoms with Gasteiger partial charge in [-0.25, -0.2) is 0 Å².